The molecule has 5 nitrogen and oxygen atoms in total. The minimum atomic E-state index is -0.250. The Hall–Kier alpha value is -2.63. The van der Waals surface area contributed by atoms with E-state index in [1.165, 1.54) is 25.0 Å². The fraction of sp³-hybridized carbons (Fsp3) is 0.368. The van der Waals surface area contributed by atoms with Gasteiger partial charge in [-0.3, -0.25) is 0 Å². The summed E-state index contributed by atoms with van der Waals surface area (Å²) in [4.78, 5) is 18.8. The average molecular weight is 340 g/mol. The lowest BCUT2D eigenvalue weighted by Gasteiger charge is -2.16. The number of halogens is 1. The third-order valence-corrected chi connectivity index (χ3v) is 4.82. The molecule has 2 heterocycles. The first kappa shape index (κ1) is 15.9. The van der Waals surface area contributed by atoms with Crippen molar-refractivity contribution in [1.29, 1.82) is 0 Å². The Balaban J connectivity index is 1.29. The van der Waals surface area contributed by atoms with Crippen molar-refractivity contribution in [3.05, 3.63) is 54.0 Å². The Morgan fingerprint density at radius 2 is 2.04 bits per heavy atom. The van der Waals surface area contributed by atoms with Crippen LogP contribution in [0, 0.1) is 5.82 Å². The Labute approximate surface area is 146 Å². The van der Waals surface area contributed by atoms with E-state index in [4.69, 9.17) is 0 Å². The quantitative estimate of drug-likeness (QED) is 0.896. The number of pyridine rings is 1. The highest BCUT2D eigenvalue weighted by Crippen LogP contribution is 2.40. The Morgan fingerprint density at radius 1 is 1.20 bits per heavy atom. The molecular weight excluding hydrogens is 319 g/mol. The van der Waals surface area contributed by atoms with Crippen LogP contribution in [-0.2, 0) is 0 Å². The van der Waals surface area contributed by atoms with Gasteiger partial charge >= 0.3 is 6.03 Å². The van der Waals surface area contributed by atoms with E-state index in [9.17, 15) is 9.18 Å². The molecule has 1 saturated heterocycles. The van der Waals surface area contributed by atoms with Gasteiger partial charge in [-0.25, -0.2) is 14.2 Å². The van der Waals surface area contributed by atoms with Crippen LogP contribution in [0.5, 0.6) is 0 Å². The predicted octanol–water partition coefficient (Wildman–Crippen LogP) is 3.50. The molecule has 0 radical (unpaired) electrons. The molecule has 2 amide bonds. The summed E-state index contributed by atoms with van der Waals surface area (Å²) in [5.41, 5.74) is 1.60. The van der Waals surface area contributed by atoms with Crippen molar-refractivity contribution < 1.29 is 9.18 Å². The zero-order valence-electron chi connectivity index (χ0n) is 13.9. The summed E-state index contributed by atoms with van der Waals surface area (Å²) in [7, 11) is 0. The van der Waals surface area contributed by atoms with Crippen LogP contribution in [0.25, 0.3) is 0 Å². The SMILES string of the molecule is O=C(Nc1ccc(N2CCCC2)nc1)N[C@H]1C[C@H]1c1cccc(F)c1. The van der Waals surface area contributed by atoms with Gasteiger partial charge in [0.2, 0.25) is 0 Å². The van der Waals surface area contributed by atoms with E-state index in [0.29, 0.717) is 5.69 Å². The van der Waals surface area contributed by atoms with Crippen molar-refractivity contribution in [1.82, 2.24) is 10.3 Å². The molecule has 0 unspecified atom stereocenters. The van der Waals surface area contributed by atoms with Crippen LogP contribution in [0.3, 0.4) is 0 Å². The zero-order valence-corrected chi connectivity index (χ0v) is 13.9. The molecule has 130 valence electrons. The first-order valence-corrected chi connectivity index (χ1v) is 8.73. The molecule has 0 spiro atoms. The number of hydrogen-bond donors (Lipinski definition) is 2. The summed E-state index contributed by atoms with van der Waals surface area (Å²) < 4.78 is 13.3. The molecule has 1 aliphatic carbocycles. The zero-order chi connectivity index (χ0) is 17.2. The van der Waals surface area contributed by atoms with Crippen molar-refractivity contribution in [2.24, 2.45) is 0 Å². The number of rotatable bonds is 4. The topological polar surface area (TPSA) is 57.3 Å². The van der Waals surface area contributed by atoms with Gasteiger partial charge in [-0.2, -0.15) is 0 Å². The fourth-order valence-electron chi connectivity index (χ4n) is 3.39. The van der Waals surface area contributed by atoms with E-state index in [1.807, 2.05) is 18.2 Å². The molecule has 2 fully saturated rings. The molecular formula is C19H21FN4O. The molecule has 2 N–H and O–H groups in total. The number of nitrogens with one attached hydrogen (secondary N) is 2. The Morgan fingerprint density at radius 3 is 2.76 bits per heavy atom. The number of nitrogens with zero attached hydrogens (tertiary/aromatic N) is 2. The second-order valence-corrected chi connectivity index (χ2v) is 6.70. The predicted molar refractivity (Wildman–Crippen MR) is 95.4 cm³/mol. The number of carbonyl (C=O) groups is 1. The molecule has 1 aliphatic heterocycles. The normalized spacial score (nSPS) is 21.9. The first-order chi connectivity index (χ1) is 12.2. The van der Waals surface area contributed by atoms with E-state index < -0.39 is 0 Å². The van der Waals surface area contributed by atoms with Gasteiger partial charge in [0.15, 0.2) is 0 Å². The van der Waals surface area contributed by atoms with Gasteiger partial charge in [-0.15, -0.1) is 0 Å². The lowest BCUT2D eigenvalue weighted by molar-refractivity contribution is 0.251. The summed E-state index contributed by atoms with van der Waals surface area (Å²) in [6.45, 7) is 2.09. The van der Waals surface area contributed by atoms with Crippen LogP contribution < -0.4 is 15.5 Å². The Bertz CT molecular complexity index is 758. The van der Waals surface area contributed by atoms with Crippen LogP contribution >= 0.6 is 0 Å². The van der Waals surface area contributed by atoms with Crippen LogP contribution in [-0.4, -0.2) is 30.1 Å². The number of amides is 2. The minimum absolute atomic E-state index is 0.0543. The standard InChI is InChI=1S/C19H21FN4O/c20-14-5-3-4-13(10-14)16-11-17(16)23-19(25)22-15-6-7-18(21-12-15)24-8-1-2-9-24/h3-7,10,12,16-17H,1-2,8-9,11H2,(H2,22,23,25)/t16-,17-/m0/s1. The van der Waals surface area contributed by atoms with Crippen LogP contribution in [0.15, 0.2) is 42.6 Å². The average Bonchev–Trinajstić information content (AvgIpc) is 3.15. The van der Waals surface area contributed by atoms with E-state index in [1.54, 1.807) is 12.3 Å². The first-order valence-electron chi connectivity index (χ1n) is 8.73. The third kappa shape index (κ3) is 3.73. The molecule has 1 aromatic carbocycles. The summed E-state index contributed by atoms with van der Waals surface area (Å²) in [5.74, 6) is 0.908. The second kappa shape index (κ2) is 6.70. The van der Waals surface area contributed by atoms with E-state index in [-0.39, 0.29) is 23.8 Å². The molecule has 2 aromatic rings. The third-order valence-electron chi connectivity index (χ3n) is 4.82. The van der Waals surface area contributed by atoms with Gasteiger partial charge in [-0.1, -0.05) is 12.1 Å². The molecule has 2 aliphatic rings. The van der Waals surface area contributed by atoms with Gasteiger partial charge in [0.05, 0.1) is 11.9 Å². The lowest BCUT2D eigenvalue weighted by atomic mass is 10.1. The highest BCUT2D eigenvalue weighted by atomic mass is 19.1. The minimum Gasteiger partial charge on any atom is -0.357 e. The molecule has 2 atom stereocenters. The lowest BCUT2D eigenvalue weighted by Crippen LogP contribution is -2.31. The summed E-state index contributed by atoms with van der Waals surface area (Å²) in [6, 6.07) is 10.2. The summed E-state index contributed by atoms with van der Waals surface area (Å²) >= 11 is 0. The van der Waals surface area contributed by atoms with Crippen LogP contribution in [0.1, 0.15) is 30.7 Å². The van der Waals surface area contributed by atoms with Gasteiger partial charge in [0.25, 0.3) is 0 Å². The number of benzene rings is 1. The van der Waals surface area contributed by atoms with Crippen molar-refractivity contribution in [3.63, 3.8) is 0 Å². The molecule has 6 heteroatoms. The monoisotopic (exact) mass is 340 g/mol. The molecule has 25 heavy (non-hydrogen) atoms. The number of urea groups is 1. The van der Waals surface area contributed by atoms with Crippen molar-refractivity contribution in [3.8, 4) is 0 Å². The summed E-state index contributed by atoms with van der Waals surface area (Å²) in [5, 5.41) is 5.74. The number of hydrogen-bond acceptors (Lipinski definition) is 3. The van der Waals surface area contributed by atoms with Crippen molar-refractivity contribution in [2.75, 3.05) is 23.3 Å². The highest BCUT2D eigenvalue weighted by Gasteiger charge is 2.39. The summed E-state index contributed by atoms with van der Waals surface area (Å²) in [6.07, 6.45) is 4.93. The maximum Gasteiger partial charge on any atom is 0.319 e. The molecule has 1 saturated carbocycles. The number of aromatic nitrogens is 1. The van der Waals surface area contributed by atoms with Gasteiger partial charge in [-0.05, 0) is 49.1 Å². The highest BCUT2D eigenvalue weighted by molar-refractivity contribution is 5.89. The van der Waals surface area contributed by atoms with E-state index >= 15 is 0 Å². The second-order valence-electron chi connectivity index (χ2n) is 6.70. The fourth-order valence-corrected chi connectivity index (χ4v) is 3.39. The number of anilines is 2. The van der Waals surface area contributed by atoms with Gasteiger partial charge < -0.3 is 15.5 Å². The van der Waals surface area contributed by atoms with Crippen molar-refractivity contribution >= 4 is 17.5 Å². The maximum absolute atomic E-state index is 13.3. The molecule has 1 aromatic heterocycles. The van der Waals surface area contributed by atoms with Crippen molar-refractivity contribution in [2.45, 2.75) is 31.2 Å². The molecule has 0 bridgehead atoms. The van der Waals surface area contributed by atoms with E-state index in [2.05, 4.69) is 20.5 Å². The van der Waals surface area contributed by atoms with Crippen LogP contribution in [0.4, 0.5) is 20.7 Å². The molecule has 4 rings (SSSR count). The number of carbonyl (C=O) groups excluding carboxylic acids is 1. The Kier molecular flexibility index (Phi) is 4.26. The van der Waals surface area contributed by atoms with E-state index in [0.717, 1.165) is 30.9 Å². The van der Waals surface area contributed by atoms with Crippen LogP contribution in [0.2, 0.25) is 0 Å². The van der Waals surface area contributed by atoms with Gasteiger partial charge in [0.1, 0.15) is 11.6 Å². The van der Waals surface area contributed by atoms with Gasteiger partial charge in [0, 0.05) is 25.0 Å². The smallest absolute Gasteiger partial charge is 0.319 e. The maximum atomic E-state index is 13.3. The largest absolute Gasteiger partial charge is 0.357 e.